The molecule has 3 nitrogen and oxygen atoms in total. The van der Waals surface area contributed by atoms with E-state index in [1.54, 1.807) is 6.20 Å². The van der Waals surface area contributed by atoms with Gasteiger partial charge in [0.2, 0.25) is 0 Å². The monoisotopic (exact) mass is 384 g/mol. The zero-order chi connectivity index (χ0) is 19.7. The number of aromatic nitrogens is 2. The zero-order valence-electron chi connectivity index (χ0n) is 17.9. The predicted octanol–water partition coefficient (Wildman–Crippen LogP) is 7.94. The van der Waals surface area contributed by atoms with Gasteiger partial charge in [0.05, 0.1) is 12.3 Å². The molecule has 0 atom stereocenters. The van der Waals surface area contributed by atoms with Gasteiger partial charge in [0, 0.05) is 6.20 Å². The second-order valence-electron chi connectivity index (χ2n) is 7.94. The summed E-state index contributed by atoms with van der Waals surface area (Å²) in [4.78, 5) is 0. The maximum Gasteiger partial charge on any atom is 0.119 e. The minimum absolute atomic E-state index is 0.821. The fourth-order valence-electron chi connectivity index (χ4n) is 3.63. The number of nitrogens with zero attached hydrogens (tertiary/aromatic N) is 1. The number of aromatic amines is 1. The van der Waals surface area contributed by atoms with Gasteiger partial charge in [-0.1, -0.05) is 90.4 Å². The molecule has 1 aromatic carbocycles. The third kappa shape index (κ3) is 9.96. The molecule has 0 bridgehead atoms. The number of rotatable bonds is 17. The smallest absolute Gasteiger partial charge is 0.119 e. The minimum Gasteiger partial charge on any atom is -0.494 e. The Hall–Kier alpha value is -1.77. The van der Waals surface area contributed by atoms with E-state index in [2.05, 4.69) is 29.3 Å². The van der Waals surface area contributed by atoms with Gasteiger partial charge in [-0.2, -0.15) is 5.10 Å². The Balaban J connectivity index is 1.36. The first-order valence-electron chi connectivity index (χ1n) is 11.6. The molecule has 0 spiro atoms. The highest BCUT2D eigenvalue weighted by atomic mass is 16.5. The van der Waals surface area contributed by atoms with E-state index in [1.165, 1.54) is 83.5 Å². The van der Waals surface area contributed by atoms with Gasteiger partial charge < -0.3 is 4.74 Å². The second kappa shape index (κ2) is 15.2. The van der Waals surface area contributed by atoms with Crippen LogP contribution in [0.4, 0.5) is 0 Å². The summed E-state index contributed by atoms with van der Waals surface area (Å²) in [6.45, 7) is 3.11. The molecule has 28 heavy (non-hydrogen) atoms. The number of benzene rings is 1. The van der Waals surface area contributed by atoms with E-state index in [4.69, 9.17) is 4.74 Å². The van der Waals surface area contributed by atoms with E-state index in [1.807, 2.05) is 18.2 Å². The average molecular weight is 385 g/mol. The van der Waals surface area contributed by atoms with Gasteiger partial charge in [-0.05, 0) is 42.3 Å². The number of H-pyrrole nitrogens is 1. The van der Waals surface area contributed by atoms with Crippen LogP contribution >= 0.6 is 0 Å². The highest BCUT2D eigenvalue weighted by Gasteiger charge is 2.00. The second-order valence-corrected chi connectivity index (χ2v) is 7.94. The van der Waals surface area contributed by atoms with Crippen LogP contribution in [0.5, 0.6) is 5.75 Å². The van der Waals surface area contributed by atoms with Crippen molar-refractivity contribution < 1.29 is 4.74 Å². The molecule has 2 rings (SSSR count). The lowest BCUT2D eigenvalue weighted by Gasteiger charge is -2.07. The molecule has 0 radical (unpaired) electrons. The van der Waals surface area contributed by atoms with E-state index in [0.29, 0.717) is 0 Å². The molecule has 156 valence electrons. The first kappa shape index (κ1) is 22.5. The number of hydrogen-bond donors (Lipinski definition) is 1. The first-order chi connectivity index (χ1) is 13.9. The highest BCUT2D eigenvalue weighted by molar-refractivity contribution is 5.59. The fraction of sp³-hybridized carbons (Fsp3) is 0.640. The molecule has 0 aliphatic carbocycles. The average Bonchev–Trinajstić information content (AvgIpc) is 3.26. The van der Waals surface area contributed by atoms with Crippen molar-refractivity contribution in [2.24, 2.45) is 0 Å². The maximum absolute atomic E-state index is 5.86. The maximum atomic E-state index is 5.86. The number of unbranched alkanes of at least 4 members (excludes halogenated alkanes) is 13. The summed E-state index contributed by atoms with van der Waals surface area (Å²) < 4.78 is 5.86. The lowest BCUT2D eigenvalue weighted by atomic mass is 10.0. The molecular weight excluding hydrogens is 344 g/mol. The molecule has 0 saturated heterocycles. The number of ether oxygens (including phenoxy) is 1. The topological polar surface area (TPSA) is 37.9 Å². The molecule has 0 fully saturated rings. The summed E-state index contributed by atoms with van der Waals surface area (Å²) in [5.74, 6) is 0.956. The van der Waals surface area contributed by atoms with Crippen LogP contribution in [0.1, 0.15) is 96.8 Å². The molecule has 1 aromatic heterocycles. The third-order valence-corrected chi connectivity index (χ3v) is 5.43. The van der Waals surface area contributed by atoms with Crippen LogP contribution in [0, 0.1) is 0 Å². The standard InChI is InChI=1S/C25H40N2O/c1-2-3-4-5-6-7-8-9-10-11-12-13-14-15-22-28-24-18-16-23(17-19-24)25-20-21-26-27-25/h16-21H,2-15,22H2,1H3,(H,26,27). The van der Waals surface area contributed by atoms with Crippen LogP contribution in [0.3, 0.4) is 0 Å². The normalized spacial score (nSPS) is 11.0. The molecule has 0 aliphatic rings. The van der Waals surface area contributed by atoms with E-state index in [0.717, 1.165) is 30.0 Å². The van der Waals surface area contributed by atoms with Crippen molar-refractivity contribution in [1.29, 1.82) is 0 Å². The van der Waals surface area contributed by atoms with Gasteiger partial charge in [0.1, 0.15) is 5.75 Å². The van der Waals surface area contributed by atoms with Gasteiger partial charge in [0.15, 0.2) is 0 Å². The largest absolute Gasteiger partial charge is 0.494 e. The summed E-state index contributed by atoms with van der Waals surface area (Å²) >= 11 is 0. The number of nitrogens with one attached hydrogen (secondary N) is 1. The summed E-state index contributed by atoms with van der Waals surface area (Å²) in [7, 11) is 0. The SMILES string of the molecule is CCCCCCCCCCCCCCCCOc1ccc(-c2ccn[nH]2)cc1. The third-order valence-electron chi connectivity index (χ3n) is 5.43. The summed E-state index contributed by atoms with van der Waals surface area (Å²) in [6.07, 6.45) is 21.2. The zero-order valence-corrected chi connectivity index (χ0v) is 17.9. The molecule has 0 aliphatic heterocycles. The summed E-state index contributed by atoms with van der Waals surface area (Å²) in [5.41, 5.74) is 2.18. The van der Waals surface area contributed by atoms with Crippen LogP contribution in [0.15, 0.2) is 36.5 Å². The van der Waals surface area contributed by atoms with Crippen molar-refractivity contribution in [3.8, 4) is 17.0 Å². The van der Waals surface area contributed by atoms with Crippen LogP contribution in [0.2, 0.25) is 0 Å². The molecular formula is C25H40N2O. The molecule has 2 aromatic rings. The van der Waals surface area contributed by atoms with Gasteiger partial charge in [-0.3, -0.25) is 5.10 Å². The van der Waals surface area contributed by atoms with Gasteiger partial charge in [-0.15, -0.1) is 0 Å². The van der Waals surface area contributed by atoms with Crippen molar-refractivity contribution in [3.05, 3.63) is 36.5 Å². The Labute approximate surface area is 172 Å². The molecule has 0 saturated carbocycles. The Morgan fingerprint density at radius 3 is 1.71 bits per heavy atom. The summed E-state index contributed by atoms with van der Waals surface area (Å²) in [6, 6.07) is 10.2. The molecule has 1 heterocycles. The minimum atomic E-state index is 0.821. The Morgan fingerprint density at radius 1 is 0.679 bits per heavy atom. The molecule has 1 N–H and O–H groups in total. The van der Waals surface area contributed by atoms with Crippen molar-refractivity contribution in [3.63, 3.8) is 0 Å². The molecule has 0 amide bonds. The van der Waals surface area contributed by atoms with Crippen molar-refractivity contribution >= 4 is 0 Å². The lowest BCUT2D eigenvalue weighted by Crippen LogP contribution is -1.97. The summed E-state index contributed by atoms with van der Waals surface area (Å²) in [5, 5.41) is 6.97. The fourth-order valence-corrected chi connectivity index (χ4v) is 3.63. The quantitative estimate of drug-likeness (QED) is 0.281. The van der Waals surface area contributed by atoms with Crippen LogP contribution < -0.4 is 4.74 Å². The van der Waals surface area contributed by atoms with Crippen LogP contribution in [0.25, 0.3) is 11.3 Å². The Morgan fingerprint density at radius 2 is 1.21 bits per heavy atom. The Bertz CT molecular complexity index is 577. The molecule has 3 heteroatoms. The van der Waals surface area contributed by atoms with E-state index in [9.17, 15) is 0 Å². The first-order valence-corrected chi connectivity index (χ1v) is 11.6. The van der Waals surface area contributed by atoms with Crippen molar-refractivity contribution in [2.45, 2.75) is 96.8 Å². The van der Waals surface area contributed by atoms with Crippen LogP contribution in [-0.4, -0.2) is 16.8 Å². The van der Waals surface area contributed by atoms with E-state index < -0.39 is 0 Å². The van der Waals surface area contributed by atoms with Gasteiger partial charge in [0.25, 0.3) is 0 Å². The lowest BCUT2D eigenvalue weighted by molar-refractivity contribution is 0.304. The highest BCUT2D eigenvalue weighted by Crippen LogP contribution is 2.20. The van der Waals surface area contributed by atoms with Crippen LogP contribution in [-0.2, 0) is 0 Å². The Kier molecular flexibility index (Phi) is 12.2. The van der Waals surface area contributed by atoms with E-state index >= 15 is 0 Å². The number of hydrogen-bond acceptors (Lipinski definition) is 2. The van der Waals surface area contributed by atoms with Gasteiger partial charge >= 0.3 is 0 Å². The van der Waals surface area contributed by atoms with Crippen molar-refractivity contribution in [2.75, 3.05) is 6.61 Å². The predicted molar refractivity (Wildman–Crippen MR) is 120 cm³/mol. The molecule has 0 unspecified atom stereocenters. The van der Waals surface area contributed by atoms with E-state index in [-0.39, 0.29) is 0 Å². The van der Waals surface area contributed by atoms with Crippen molar-refractivity contribution in [1.82, 2.24) is 10.2 Å². The van der Waals surface area contributed by atoms with Gasteiger partial charge in [-0.25, -0.2) is 0 Å².